The van der Waals surface area contributed by atoms with E-state index in [9.17, 15) is 18.0 Å². The average Bonchev–Trinajstić information content (AvgIpc) is 2.11. The van der Waals surface area contributed by atoms with Crippen molar-refractivity contribution in [3.05, 3.63) is 0 Å². The van der Waals surface area contributed by atoms with Crippen molar-refractivity contribution in [2.75, 3.05) is 13.7 Å². The lowest BCUT2D eigenvalue weighted by Gasteiger charge is -2.25. The number of esters is 1. The molecule has 2 N–H and O–H groups in total. The lowest BCUT2D eigenvalue weighted by molar-refractivity contribution is -0.158. The first kappa shape index (κ1) is 13.2. The van der Waals surface area contributed by atoms with Crippen LogP contribution in [0.15, 0.2) is 0 Å². The summed E-state index contributed by atoms with van der Waals surface area (Å²) in [6, 6.07) is 0. The Hall–Kier alpha value is -0.780. The highest BCUT2D eigenvalue weighted by atomic mass is 19.4. The van der Waals surface area contributed by atoms with Crippen LogP contribution in [0.4, 0.5) is 13.2 Å². The number of ether oxygens (including phenoxy) is 1. The molecule has 0 saturated carbocycles. The van der Waals surface area contributed by atoms with E-state index in [1.165, 1.54) is 6.92 Å². The number of carbonyl (C=O) groups excluding carboxylic acids is 1. The van der Waals surface area contributed by atoms with Crippen molar-refractivity contribution >= 4 is 5.97 Å². The fourth-order valence-electron chi connectivity index (χ4n) is 0.951. The minimum atomic E-state index is -4.27. The third kappa shape index (κ3) is 3.95. The van der Waals surface area contributed by atoms with Crippen LogP contribution < -0.4 is 5.73 Å². The monoisotopic (exact) mass is 213 g/mol. The molecule has 0 aromatic carbocycles. The highest BCUT2D eigenvalue weighted by Gasteiger charge is 2.38. The van der Waals surface area contributed by atoms with Gasteiger partial charge in [0.25, 0.3) is 0 Å². The fraction of sp³-hybridized carbons (Fsp3) is 0.875. The molecule has 0 aliphatic rings. The second-order valence-electron chi connectivity index (χ2n) is 3.37. The van der Waals surface area contributed by atoms with E-state index in [1.807, 2.05) is 0 Å². The van der Waals surface area contributed by atoms with Gasteiger partial charge in [0, 0.05) is 13.0 Å². The SMILES string of the molecule is COC(=O)C(C)(CN)CCC(F)(F)F. The van der Waals surface area contributed by atoms with Gasteiger partial charge in [-0.1, -0.05) is 0 Å². The Bertz CT molecular complexity index is 205. The number of nitrogens with two attached hydrogens (primary N) is 1. The van der Waals surface area contributed by atoms with Gasteiger partial charge in [-0.3, -0.25) is 4.79 Å². The van der Waals surface area contributed by atoms with Gasteiger partial charge in [-0.15, -0.1) is 0 Å². The van der Waals surface area contributed by atoms with Crippen LogP contribution in [0.1, 0.15) is 19.8 Å². The molecule has 0 heterocycles. The lowest BCUT2D eigenvalue weighted by Crippen LogP contribution is -2.37. The Kier molecular flexibility index (Phi) is 4.38. The second-order valence-corrected chi connectivity index (χ2v) is 3.37. The maximum absolute atomic E-state index is 11.9. The molecule has 0 rings (SSSR count). The number of hydrogen-bond donors (Lipinski definition) is 1. The summed E-state index contributed by atoms with van der Waals surface area (Å²) in [6.07, 6.45) is -5.65. The predicted octanol–water partition coefficient (Wildman–Crippen LogP) is 1.47. The molecular formula is C8H14F3NO2. The van der Waals surface area contributed by atoms with Crippen molar-refractivity contribution in [1.82, 2.24) is 0 Å². The van der Waals surface area contributed by atoms with E-state index in [0.29, 0.717) is 0 Å². The molecule has 0 bridgehead atoms. The first-order chi connectivity index (χ1) is 6.25. The summed E-state index contributed by atoms with van der Waals surface area (Å²) in [6.45, 7) is 1.21. The highest BCUT2D eigenvalue weighted by Crippen LogP contribution is 2.30. The molecule has 6 heteroatoms. The van der Waals surface area contributed by atoms with Crippen LogP contribution in [0.3, 0.4) is 0 Å². The van der Waals surface area contributed by atoms with Crippen LogP contribution in [0.2, 0.25) is 0 Å². The quantitative estimate of drug-likeness (QED) is 0.719. The molecule has 3 nitrogen and oxygen atoms in total. The predicted molar refractivity (Wildman–Crippen MR) is 44.5 cm³/mol. The topological polar surface area (TPSA) is 52.3 Å². The number of carbonyl (C=O) groups is 1. The Morgan fingerprint density at radius 1 is 1.36 bits per heavy atom. The summed E-state index contributed by atoms with van der Waals surface area (Å²) in [5.41, 5.74) is 4.00. The average molecular weight is 213 g/mol. The molecule has 0 aromatic heterocycles. The maximum Gasteiger partial charge on any atom is 0.389 e. The molecule has 84 valence electrons. The highest BCUT2D eigenvalue weighted by molar-refractivity contribution is 5.76. The van der Waals surface area contributed by atoms with E-state index in [1.54, 1.807) is 0 Å². The normalized spacial score (nSPS) is 16.1. The maximum atomic E-state index is 11.9. The molecule has 1 atom stereocenters. The smallest absolute Gasteiger partial charge is 0.389 e. The number of alkyl halides is 3. The van der Waals surface area contributed by atoms with Gasteiger partial charge in [0.2, 0.25) is 0 Å². The van der Waals surface area contributed by atoms with E-state index >= 15 is 0 Å². The Morgan fingerprint density at radius 3 is 2.14 bits per heavy atom. The first-order valence-electron chi connectivity index (χ1n) is 4.10. The number of hydrogen-bond acceptors (Lipinski definition) is 3. The standard InChI is InChI=1S/C8H14F3NO2/c1-7(5-12,6(13)14-2)3-4-8(9,10)11/h3-5,12H2,1-2H3. The van der Waals surface area contributed by atoms with Crippen molar-refractivity contribution in [2.24, 2.45) is 11.1 Å². The largest absolute Gasteiger partial charge is 0.469 e. The zero-order chi connectivity index (χ0) is 11.4. The summed E-state index contributed by atoms with van der Waals surface area (Å²) < 4.78 is 40.1. The van der Waals surface area contributed by atoms with Gasteiger partial charge in [0.05, 0.1) is 12.5 Å². The van der Waals surface area contributed by atoms with Gasteiger partial charge in [0.15, 0.2) is 0 Å². The van der Waals surface area contributed by atoms with E-state index in [-0.39, 0.29) is 13.0 Å². The summed E-state index contributed by atoms with van der Waals surface area (Å²) in [5, 5.41) is 0. The number of halogens is 3. The fourth-order valence-corrected chi connectivity index (χ4v) is 0.951. The van der Waals surface area contributed by atoms with E-state index in [0.717, 1.165) is 7.11 Å². The van der Waals surface area contributed by atoms with Crippen LogP contribution in [0.5, 0.6) is 0 Å². The van der Waals surface area contributed by atoms with Crippen molar-refractivity contribution < 1.29 is 22.7 Å². The van der Waals surface area contributed by atoms with E-state index in [4.69, 9.17) is 5.73 Å². The molecule has 0 aliphatic heterocycles. The minimum absolute atomic E-state index is 0.157. The van der Waals surface area contributed by atoms with Crippen molar-refractivity contribution in [3.63, 3.8) is 0 Å². The van der Waals surface area contributed by atoms with Crippen LogP contribution in [-0.4, -0.2) is 25.8 Å². The third-order valence-corrected chi connectivity index (χ3v) is 2.09. The zero-order valence-corrected chi connectivity index (χ0v) is 8.15. The van der Waals surface area contributed by atoms with Crippen LogP contribution in [0.25, 0.3) is 0 Å². The van der Waals surface area contributed by atoms with Crippen LogP contribution in [0, 0.1) is 5.41 Å². The minimum Gasteiger partial charge on any atom is -0.469 e. The first-order valence-corrected chi connectivity index (χ1v) is 4.10. The molecule has 0 radical (unpaired) electrons. The zero-order valence-electron chi connectivity index (χ0n) is 8.15. The summed E-state index contributed by atoms with van der Waals surface area (Å²) in [5.74, 6) is -0.704. The van der Waals surface area contributed by atoms with Crippen molar-refractivity contribution in [3.8, 4) is 0 Å². The molecule has 0 amide bonds. The summed E-state index contributed by atoms with van der Waals surface area (Å²) >= 11 is 0. The van der Waals surface area contributed by atoms with Gasteiger partial charge in [-0.05, 0) is 13.3 Å². The van der Waals surface area contributed by atoms with Crippen molar-refractivity contribution in [2.45, 2.75) is 25.9 Å². The van der Waals surface area contributed by atoms with Crippen molar-refractivity contribution in [1.29, 1.82) is 0 Å². The Labute approximate surface area is 80.4 Å². The van der Waals surface area contributed by atoms with Gasteiger partial charge in [-0.2, -0.15) is 13.2 Å². The molecular weight excluding hydrogens is 199 g/mol. The number of methoxy groups -OCH3 is 1. The van der Waals surface area contributed by atoms with Gasteiger partial charge in [0.1, 0.15) is 0 Å². The van der Waals surface area contributed by atoms with Gasteiger partial charge >= 0.3 is 12.1 Å². The van der Waals surface area contributed by atoms with Gasteiger partial charge < -0.3 is 10.5 Å². The lowest BCUT2D eigenvalue weighted by atomic mass is 9.85. The van der Waals surface area contributed by atoms with Gasteiger partial charge in [-0.25, -0.2) is 0 Å². The summed E-state index contributed by atoms with van der Waals surface area (Å²) in [7, 11) is 1.13. The second kappa shape index (κ2) is 4.63. The molecule has 0 aromatic rings. The van der Waals surface area contributed by atoms with E-state index < -0.39 is 24.0 Å². The van der Waals surface area contributed by atoms with E-state index in [2.05, 4.69) is 4.74 Å². The molecule has 0 fully saturated rings. The summed E-state index contributed by atoms with van der Waals surface area (Å²) in [4.78, 5) is 11.1. The molecule has 0 aliphatic carbocycles. The van der Waals surface area contributed by atoms with Crippen LogP contribution in [-0.2, 0) is 9.53 Å². The molecule has 1 unspecified atom stereocenters. The molecule has 0 saturated heterocycles. The molecule has 14 heavy (non-hydrogen) atoms. The Balaban J connectivity index is 4.34. The Morgan fingerprint density at radius 2 is 1.86 bits per heavy atom. The number of rotatable bonds is 4. The third-order valence-electron chi connectivity index (χ3n) is 2.09. The molecule has 0 spiro atoms. The van der Waals surface area contributed by atoms with Crippen LogP contribution >= 0.6 is 0 Å².